The highest BCUT2D eigenvalue weighted by Crippen LogP contribution is 2.26. The number of aliphatic imine (C=N–C) groups is 1. The first-order valence-corrected chi connectivity index (χ1v) is 10.6. The third kappa shape index (κ3) is 5.74. The largest absolute Gasteiger partial charge is 0.490 e. The average molecular weight is 522 g/mol. The number of benzene rings is 1. The van der Waals surface area contributed by atoms with Crippen molar-refractivity contribution in [2.45, 2.75) is 38.3 Å². The van der Waals surface area contributed by atoms with Gasteiger partial charge in [0, 0.05) is 57.7 Å². The summed E-state index contributed by atoms with van der Waals surface area (Å²) in [5, 5.41) is 3.52. The van der Waals surface area contributed by atoms with Crippen molar-refractivity contribution < 1.29 is 4.74 Å². The average Bonchev–Trinajstić information content (AvgIpc) is 3.29. The van der Waals surface area contributed by atoms with E-state index in [4.69, 9.17) is 4.74 Å². The molecule has 1 saturated carbocycles. The fraction of sp³-hybridized carbons (Fsp3) is 0.500. The zero-order chi connectivity index (χ0) is 19.9. The predicted molar refractivity (Wildman–Crippen MR) is 131 cm³/mol. The molecule has 1 N–H and O–H groups in total. The standard InChI is InChI=1S/C22H30N6O.HI/c1-23-21(27-13-15-28(16-14-27)22-24-11-6-12-25-22)26-17-18-7-2-5-10-20(18)29-19-8-3-4-9-19;/h2,5-7,10-12,19H,3-4,8-9,13-17H2,1H3,(H,23,26);1H. The van der Waals surface area contributed by atoms with Crippen LogP contribution in [0.5, 0.6) is 5.75 Å². The van der Waals surface area contributed by atoms with Crippen molar-refractivity contribution in [3.63, 3.8) is 0 Å². The van der Waals surface area contributed by atoms with Crippen LogP contribution in [0.15, 0.2) is 47.7 Å². The minimum atomic E-state index is 0. The van der Waals surface area contributed by atoms with Crippen LogP contribution in [-0.4, -0.2) is 60.2 Å². The van der Waals surface area contributed by atoms with Crippen LogP contribution >= 0.6 is 24.0 Å². The molecule has 4 rings (SSSR count). The SMILES string of the molecule is CN=C(NCc1ccccc1OC1CCCC1)N1CCN(c2ncccn2)CC1.I. The van der Waals surface area contributed by atoms with Crippen LogP contribution in [0.2, 0.25) is 0 Å². The van der Waals surface area contributed by atoms with E-state index < -0.39 is 0 Å². The smallest absolute Gasteiger partial charge is 0.225 e. The van der Waals surface area contributed by atoms with Crippen LogP contribution < -0.4 is 15.0 Å². The topological polar surface area (TPSA) is 65.9 Å². The van der Waals surface area contributed by atoms with Gasteiger partial charge in [-0.25, -0.2) is 9.97 Å². The summed E-state index contributed by atoms with van der Waals surface area (Å²) in [6.07, 6.45) is 8.83. The zero-order valence-corrected chi connectivity index (χ0v) is 19.9. The molecule has 1 aliphatic carbocycles. The van der Waals surface area contributed by atoms with Crippen molar-refractivity contribution in [3.8, 4) is 5.75 Å². The number of rotatable bonds is 5. The highest BCUT2D eigenvalue weighted by Gasteiger charge is 2.22. The normalized spacial score (nSPS) is 17.6. The molecule has 1 aromatic heterocycles. The molecule has 2 aliphatic rings. The number of guanidine groups is 1. The summed E-state index contributed by atoms with van der Waals surface area (Å²) >= 11 is 0. The van der Waals surface area contributed by atoms with Gasteiger partial charge in [0.05, 0.1) is 6.10 Å². The Bertz CT molecular complexity index is 804. The van der Waals surface area contributed by atoms with E-state index >= 15 is 0 Å². The number of nitrogens with one attached hydrogen (secondary N) is 1. The fourth-order valence-corrected chi connectivity index (χ4v) is 4.03. The van der Waals surface area contributed by atoms with Gasteiger partial charge in [0.2, 0.25) is 5.95 Å². The Kier molecular flexibility index (Phi) is 8.53. The lowest BCUT2D eigenvalue weighted by Gasteiger charge is -2.36. The van der Waals surface area contributed by atoms with Crippen LogP contribution in [-0.2, 0) is 6.54 Å². The molecule has 162 valence electrons. The van der Waals surface area contributed by atoms with Crippen molar-refractivity contribution in [2.75, 3.05) is 38.1 Å². The van der Waals surface area contributed by atoms with Gasteiger partial charge in [0.15, 0.2) is 5.96 Å². The minimum Gasteiger partial charge on any atom is -0.490 e. The van der Waals surface area contributed by atoms with Crippen molar-refractivity contribution in [1.29, 1.82) is 0 Å². The lowest BCUT2D eigenvalue weighted by atomic mass is 10.2. The lowest BCUT2D eigenvalue weighted by Crippen LogP contribution is -2.52. The van der Waals surface area contributed by atoms with E-state index in [0.717, 1.165) is 43.8 Å². The minimum absolute atomic E-state index is 0. The monoisotopic (exact) mass is 522 g/mol. The van der Waals surface area contributed by atoms with E-state index in [0.29, 0.717) is 12.6 Å². The second-order valence-corrected chi connectivity index (χ2v) is 7.56. The summed E-state index contributed by atoms with van der Waals surface area (Å²) in [6, 6.07) is 10.2. The Morgan fingerprint density at radius 2 is 1.77 bits per heavy atom. The van der Waals surface area contributed by atoms with E-state index in [-0.39, 0.29) is 24.0 Å². The molecule has 1 aromatic carbocycles. The molecule has 0 radical (unpaired) electrons. The second-order valence-electron chi connectivity index (χ2n) is 7.56. The number of aromatic nitrogens is 2. The lowest BCUT2D eigenvalue weighted by molar-refractivity contribution is 0.207. The quantitative estimate of drug-likeness (QED) is 0.370. The fourth-order valence-electron chi connectivity index (χ4n) is 4.03. The summed E-state index contributed by atoms with van der Waals surface area (Å²) in [5.74, 6) is 2.72. The molecule has 2 heterocycles. The molecule has 1 saturated heterocycles. The third-order valence-corrected chi connectivity index (χ3v) is 5.63. The molecule has 2 fully saturated rings. The van der Waals surface area contributed by atoms with Crippen LogP contribution in [0, 0.1) is 0 Å². The summed E-state index contributed by atoms with van der Waals surface area (Å²) in [6.45, 7) is 4.24. The third-order valence-electron chi connectivity index (χ3n) is 5.63. The van der Waals surface area contributed by atoms with E-state index in [1.54, 1.807) is 12.4 Å². The van der Waals surface area contributed by atoms with E-state index in [1.165, 1.54) is 31.2 Å². The molecule has 2 aromatic rings. The van der Waals surface area contributed by atoms with Crippen LogP contribution in [0.1, 0.15) is 31.2 Å². The van der Waals surface area contributed by atoms with Gasteiger partial charge < -0.3 is 19.9 Å². The van der Waals surface area contributed by atoms with E-state index in [1.807, 2.05) is 19.2 Å². The van der Waals surface area contributed by atoms with Crippen LogP contribution in [0.25, 0.3) is 0 Å². The Morgan fingerprint density at radius 1 is 1.07 bits per heavy atom. The Balaban J connectivity index is 0.00000256. The van der Waals surface area contributed by atoms with Gasteiger partial charge in [0.1, 0.15) is 5.75 Å². The van der Waals surface area contributed by atoms with E-state index in [2.05, 4.69) is 48.3 Å². The number of hydrogen-bond donors (Lipinski definition) is 1. The van der Waals surface area contributed by atoms with Crippen molar-refractivity contribution >= 4 is 35.9 Å². The molecule has 30 heavy (non-hydrogen) atoms. The maximum atomic E-state index is 6.27. The summed E-state index contributed by atoms with van der Waals surface area (Å²) in [7, 11) is 1.84. The van der Waals surface area contributed by atoms with Crippen molar-refractivity contribution in [2.24, 2.45) is 4.99 Å². The molecule has 1 aliphatic heterocycles. The Labute approximate surface area is 196 Å². The molecular weight excluding hydrogens is 491 g/mol. The first kappa shape index (κ1) is 22.6. The number of nitrogens with zero attached hydrogens (tertiary/aromatic N) is 5. The second kappa shape index (κ2) is 11.3. The zero-order valence-electron chi connectivity index (χ0n) is 17.5. The number of piperazine rings is 1. The first-order valence-electron chi connectivity index (χ1n) is 10.6. The van der Waals surface area contributed by atoms with Gasteiger partial charge in [-0.3, -0.25) is 4.99 Å². The first-order chi connectivity index (χ1) is 14.3. The number of halogens is 1. The van der Waals surface area contributed by atoms with Crippen LogP contribution in [0.3, 0.4) is 0 Å². The summed E-state index contributed by atoms with van der Waals surface area (Å²) < 4.78 is 6.27. The maximum Gasteiger partial charge on any atom is 0.225 e. The van der Waals surface area contributed by atoms with Gasteiger partial charge in [0.25, 0.3) is 0 Å². The Morgan fingerprint density at radius 3 is 2.47 bits per heavy atom. The number of para-hydroxylation sites is 1. The maximum absolute atomic E-state index is 6.27. The van der Waals surface area contributed by atoms with Crippen LogP contribution in [0.4, 0.5) is 5.95 Å². The highest BCUT2D eigenvalue weighted by molar-refractivity contribution is 14.0. The number of anilines is 1. The van der Waals surface area contributed by atoms with Gasteiger partial charge >= 0.3 is 0 Å². The predicted octanol–water partition coefficient (Wildman–Crippen LogP) is 3.31. The molecule has 0 bridgehead atoms. The molecular formula is C22H31IN6O. The van der Waals surface area contributed by atoms with Gasteiger partial charge in [-0.05, 0) is 37.8 Å². The van der Waals surface area contributed by atoms with Crippen molar-refractivity contribution in [1.82, 2.24) is 20.2 Å². The summed E-state index contributed by atoms with van der Waals surface area (Å²) in [5.41, 5.74) is 1.18. The van der Waals surface area contributed by atoms with Crippen molar-refractivity contribution in [3.05, 3.63) is 48.3 Å². The number of ether oxygens (including phenoxy) is 1. The number of hydrogen-bond acceptors (Lipinski definition) is 5. The van der Waals surface area contributed by atoms with Gasteiger partial charge in [-0.1, -0.05) is 18.2 Å². The van der Waals surface area contributed by atoms with E-state index in [9.17, 15) is 0 Å². The Hall–Kier alpha value is -2.10. The van der Waals surface area contributed by atoms with Gasteiger partial charge in [-0.15, -0.1) is 24.0 Å². The summed E-state index contributed by atoms with van der Waals surface area (Å²) in [4.78, 5) is 17.7. The molecule has 8 heteroatoms. The molecule has 0 amide bonds. The molecule has 0 spiro atoms. The molecule has 0 unspecified atom stereocenters. The molecule has 7 nitrogen and oxygen atoms in total. The van der Waals surface area contributed by atoms with Gasteiger partial charge in [-0.2, -0.15) is 0 Å². The molecule has 0 atom stereocenters. The highest BCUT2D eigenvalue weighted by atomic mass is 127.